The number of carbonyl (C=O) groups excluding carboxylic acids is 1. The van der Waals surface area contributed by atoms with Gasteiger partial charge in [-0.2, -0.15) is 0 Å². The van der Waals surface area contributed by atoms with Crippen molar-refractivity contribution in [3.63, 3.8) is 0 Å². The molecule has 0 bridgehead atoms. The number of aromatic amines is 1. The third-order valence-electron chi connectivity index (χ3n) is 7.31. The Morgan fingerprint density at radius 1 is 1.16 bits per heavy atom. The summed E-state index contributed by atoms with van der Waals surface area (Å²) in [5.74, 6) is 1.08. The van der Waals surface area contributed by atoms with Gasteiger partial charge in [0.25, 0.3) is 0 Å². The maximum absolute atomic E-state index is 13.4. The molecule has 2 aliphatic rings. The van der Waals surface area contributed by atoms with Gasteiger partial charge in [0.1, 0.15) is 23.3 Å². The Labute approximate surface area is 189 Å². The summed E-state index contributed by atoms with van der Waals surface area (Å²) in [5, 5.41) is 4.35. The highest BCUT2D eigenvalue weighted by Gasteiger charge is 2.44. The van der Waals surface area contributed by atoms with Gasteiger partial charge in [-0.15, -0.1) is 0 Å². The second kappa shape index (κ2) is 8.20. The minimum absolute atomic E-state index is 0.0691. The zero-order valence-corrected chi connectivity index (χ0v) is 19.2. The first-order chi connectivity index (χ1) is 15.5. The summed E-state index contributed by atoms with van der Waals surface area (Å²) in [5.41, 5.74) is 5.12. The zero-order chi connectivity index (χ0) is 22.3. The predicted molar refractivity (Wildman–Crippen MR) is 128 cm³/mol. The molecule has 0 radical (unpaired) electrons. The second-order valence-electron chi connectivity index (χ2n) is 9.45. The molecular weight excluding hydrogens is 400 g/mol. The number of anilines is 2. The maximum Gasteiger partial charge on any atom is 0.245 e. The highest BCUT2D eigenvalue weighted by molar-refractivity contribution is 5.98. The number of amides is 1. The molecule has 7 heteroatoms. The molecule has 3 heterocycles. The van der Waals surface area contributed by atoms with Crippen LogP contribution in [0.4, 0.5) is 11.5 Å². The van der Waals surface area contributed by atoms with Crippen LogP contribution in [-0.4, -0.2) is 58.5 Å². The smallest absolute Gasteiger partial charge is 0.245 e. The quantitative estimate of drug-likeness (QED) is 0.658. The topological polar surface area (TPSA) is 77.2 Å². The number of hydrogen-bond donors (Lipinski definition) is 2. The SMILES string of the molecule is Cc1cccc(NC(=O)C2(N(C)C)CCN(c3ncnc4[nH]c5c(c34)CCCC5)CC2)c1. The molecule has 1 amide bonds. The Kier molecular flexibility index (Phi) is 5.37. The van der Waals surface area contributed by atoms with Crippen LogP contribution in [0.5, 0.6) is 0 Å². The van der Waals surface area contributed by atoms with Crippen molar-refractivity contribution >= 4 is 28.4 Å². The molecule has 1 fully saturated rings. The average molecular weight is 433 g/mol. The Hall–Kier alpha value is -2.93. The summed E-state index contributed by atoms with van der Waals surface area (Å²) < 4.78 is 0. The van der Waals surface area contributed by atoms with Crippen molar-refractivity contribution in [2.45, 2.75) is 51.0 Å². The third-order valence-corrected chi connectivity index (χ3v) is 7.31. The number of aryl methyl sites for hydroxylation is 3. The molecule has 5 rings (SSSR count). The van der Waals surface area contributed by atoms with Crippen LogP contribution in [0.15, 0.2) is 30.6 Å². The lowest BCUT2D eigenvalue weighted by atomic mass is 9.85. The van der Waals surface area contributed by atoms with Crippen molar-refractivity contribution in [3.05, 3.63) is 47.4 Å². The van der Waals surface area contributed by atoms with E-state index in [1.54, 1.807) is 6.33 Å². The first-order valence-electron chi connectivity index (χ1n) is 11.6. The summed E-state index contributed by atoms with van der Waals surface area (Å²) in [7, 11) is 4.02. The third kappa shape index (κ3) is 3.54. The largest absolute Gasteiger partial charge is 0.356 e. The number of likely N-dealkylation sites (N-methyl/N-ethyl adjacent to an activating group) is 1. The van der Waals surface area contributed by atoms with Crippen LogP contribution in [0.3, 0.4) is 0 Å². The van der Waals surface area contributed by atoms with Crippen LogP contribution in [0.2, 0.25) is 0 Å². The van der Waals surface area contributed by atoms with E-state index in [0.29, 0.717) is 0 Å². The number of benzene rings is 1. The number of fused-ring (bicyclic) bond motifs is 3. The molecule has 0 spiro atoms. The maximum atomic E-state index is 13.4. The summed E-state index contributed by atoms with van der Waals surface area (Å²) in [6, 6.07) is 7.99. The van der Waals surface area contributed by atoms with Crippen LogP contribution in [0.1, 0.15) is 42.5 Å². The molecule has 3 aromatic rings. The van der Waals surface area contributed by atoms with E-state index in [0.717, 1.165) is 61.5 Å². The molecule has 32 heavy (non-hydrogen) atoms. The average Bonchev–Trinajstić information content (AvgIpc) is 3.18. The van der Waals surface area contributed by atoms with Crippen LogP contribution in [-0.2, 0) is 17.6 Å². The number of H-pyrrole nitrogens is 1. The van der Waals surface area contributed by atoms with Gasteiger partial charge in [-0.05, 0) is 82.8 Å². The van der Waals surface area contributed by atoms with Gasteiger partial charge in [0.05, 0.1) is 5.39 Å². The monoisotopic (exact) mass is 432 g/mol. The van der Waals surface area contributed by atoms with Gasteiger partial charge in [-0.1, -0.05) is 12.1 Å². The summed E-state index contributed by atoms with van der Waals surface area (Å²) in [6.07, 6.45) is 7.78. The van der Waals surface area contributed by atoms with Gasteiger partial charge in [0, 0.05) is 24.5 Å². The molecule has 1 aromatic carbocycles. The van der Waals surface area contributed by atoms with E-state index in [2.05, 4.69) is 25.1 Å². The van der Waals surface area contributed by atoms with Gasteiger partial charge in [-0.3, -0.25) is 9.69 Å². The number of hydrogen-bond acceptors (Lipinski definition) is 5. The minimum Gasteiger partial charge on any atom is -0.356 e. The highest BCUT2D eigenvalue weighted by atomic mass is 16.2. The number of nitrogens with one attached hydrogen (secondary N) is 2. The van der Waals surface area contributed by atoms with Gasteiger partial charge in [0.2, 0.25) is 5.91 Å². The highest BCUT2D eigenvalue weighted by Crippen LogP contribution is 2.36. The lowest BCUT2D eigenvalue weighted by molar-refractivity contribution is -0.127. The first-order valence-corrected chi connectivity index (χ1v) is 11.6. The molecule has 2 aromatic heterocycles. The van der Waals surface area contributed by atoms with Crippen molar-refractivity contribution in [1.82, 2.24) is 19.9 Å². The van der Waals surface area contributed by atoms with Gasteiger partial charge < -0.3 is 15.2 Å². The fourth-order valence-electron chi connectivity index (χ4n) is 5.39. The van der Waals surface area contributed by atoms with E-state index in [9.17, 15) is 4.79 Å². The molecule has 1 aliphatic carbocycles. The van der Waals surface area contributed by atoms with E-state index in [1.807, 2.05) is 45.3 Å². The van der Waals surface area contributed by atoms with E-state index in [-0.39, 0.29) is 5.91 Å². The van der Waals surface area contributed by atoms with Gasteiger partial charge in [0.15, 0.2) is 0 Å². The van der Waals surface area contributed by atoms with Crippen LogP contribution < -0.4 is 10.2 Å². The van der Waals surface area contributed by atoms with E-state index >= 15 is 0 Å². The molecule has 0 saturated carbocycles. The van der Waals surface area contributed by atoms with Crippen LogP contribution in [0.25, 0.3) is 11.0 Å². The molecule has 1 aliphatic heterocycles. The molecular formula is C25H32N6O. The Morgan fingerprint density at radius 2 is 1.94 bits per heavy atom. The number of carbonyl (C=O) groups is 1. The minimum atomic E-state index is -0.538. The van der Waals surface area contributed by atoms with Crippen LogP contribution >= 0.6 is 0 Å². The van der Waals surface area contributed by atoms with Gasteiger partial charge in [-0.25, -0.2) is 9.97 Å². The van der Waals surface area contributed by atoms with Crippen molar-refractivity contribution in [1.29, 1.82) is 0 Å². The number of aromatic nitrogens is 3. The Balaban J connectivity index is 1.39. The summed E-state index contributed by atoms with van der Waals surface area (Å²) in [6.45, 7) is 3.61. The standard InChI is InChI=1S/C25H32N6O/c1-17-7-6-8-18(15-17)28-24(32)25(30(2)3)11-13-31(14-12-25)23-21-19-9-4-5-10-20(19)29-22(21)26-16-27-23/h6-8,15-16H,4-5,9-14H2,1-3H3,(H,28,32)(H,26,27,29). The molecule has 0 unspecified atom stereocenters. The summed E-state index contributed by atoms with van der Waals surface area (Å²) in [4.78, 5) is 30.6. The van der Waals surface area contributed by atoms with Crippen molar-refractivity contribution in [2.24, 2.45) is 0 Å². The van der Waals surface area contributed by atoms with Crippen molar-refractivity contribution < 1.29 is 4.79 Å². The Morgan fingerprint density at radius 3 is 2.69 bits per heavy atom. The lowest BCUT2D eigenvalue weighted by Crippen LogP contribution is -2.59. The number of piperidine rings is 1. The number of nitrogens with zero attached hydrogens (tertiary/aromatic N) is 4. The number of rotatable bonds is 4. The molecule has 7 nitrogen and oxygen atoms in total. The van der Waals surface area contributed by atoms with E-state index < -0.39 is 5.54 Å². The van der Waals surface area contributed by atoms with Gasteiger partial charge >= 0.3 is 0 Å². The predicted octanol–water partition coefficient (Wildman–Crippen LogP) is 3.68. The molecule has 168 valence electrons. The normalized spacial score (nSPS) is 18.1. The zero-order valence-electron chi connectivity index (χ0n) is 19.2. The summed E-state index contributed by atoms with van der Waals surface area (Å²) >= 11 is 0. The first kappa shape index (κ1) is 20.9. The Bertz CT molecular complexity index is 1140. The molecule has 0 atom stereocenters. The van der Waals surface area contributed by atoms with Crippen molar-refractivity contribution in [3.8, 4) is 0 Å². The van der Waals surface area contributed by atoms with E-state index in [4.69, 9.17) is 4.98 Å². The lowest BCUT2D eigenvalue weighted by Gasteiger charge is -2.45. The fraction of sp³-hybridized carbons (Fsp3) is 0.480. The molecule has 2 N–H and O–H groups in total. The fourth-order valence-corrected chi connectivity index (χ4v) is 5.39. The van der Waals surface area contributed by atoms with Crippen LogP contribution in [0, 0.1) is 6.92 Å². The second-order valence-corrected chi connectivity index (χ2v) is 9.45. The van der Waals surface area contributed by atoms with Crippen molar-refractivity contribution in [2.75, 3.05) is 37.4 Å². The van der Waals surface area contributed by atoms with E-state index in [1.165, 1.54) is 29.5 Å². The molecule has 1 saturated heterocycles.